The van der Waals surface area contributed by atoms with E-state index in [4.69, 9.17) is 0 Å². The number of carbonyl (C=O) groups excluding carboxylic acids is 1. The van der Waals surface area contributed by atoms with Crippen molar-refractivity contribution in [2.45, 2.75) is 25.6 Å². The van der Waals surface area contributed by atoms with Crippen molar-refractivity contribution in [3.8, 4) is 0 Å². The quantitative estimate of drug-likeness (QED) is 0.672. The average Bonchev–Trinajstić information content (AvgIpc) is 3.28. The molecule has 8 nitrogen and oxygen atoms in total. The van der Waals surface area contributed by atoms with E-state index in [1.807, 2.05) is 0 Å². The molecule has 0 aliphatic carbocycles. The minimum absolute atomic E-state index is 0.0794. The molecule has 2 aromatic heterocycles. The van der Waals surface area contributed by atoms with Crippen LogP contribution in [0.25, 0.3) is 0 Å². The predicted molar refractivity (Wildman–Crippen MR) is 88.7 cm³/mol. The van der Waals surface area contributed by atoms with E-state index in [1.54, 1.807) is 24.2 Å². The Morgan fingerprint density at radius 3 is 2.75 bits per heavy atom. The van der Waals surface area contributed by atoms with Crippen LogP contribution in [0.15, 0.2) is 35.9 Å². The first-order valence-corrected chi connectivity index (χ1v) is 8.33. The number of alkyl halides is 3. The zero-order valence-corrected chi connectivity index (χ0v) is 14.5. The number of hydrogen-bond acceptors (Lipinski definition) is 6. The van der Waals surface area contributed by atoms with Crippen molar-refractivity contribution in [2.75, 3.05) is 11.6 Å². The van der Waals surface area contributed by atoms with E-state index in [0.717, 1.165) is 18.0 Å². The van der Waals surface area contributed by atoms with Gasteiger partial charge in [-0.3, -0.25) is 9.89 Å². The Kier molecular flexibility index (Phi) is 4.22. The van der Waals surface area contributed by atoms with E-state index in [0.29, 0.717) is 17.9 Å². The van der Waals surface area contributed by atoms with Crippen molar-refractivity contribution in [1.29, 1.82) is 0 Å². The number of pyridine rings is 1. The standard InChI is InChI=1S/C16H15F4N7O/c1-8-6-11-10(23-25-27(11)12-3-5-22-24-12)7-26(8)15(28)9-2-4-21-14(13(9)17)16(18,19)20/h2-5,8,23,25H,6-7H2,1H3,(H,22,24)/t8-/m0/s1. The fourth-order valence-electron chi connectivity index (χ4n) is 3.27. The maximum atomic E-state index is 14.3. The van der Waals surface area contributed by atoms with Crippen molar-refractivity contribution < 1.29 is 22.4 Å². The number of nitrogens with one attached hydrogen (secondary N) is 3. The normalized spacial score (nSPS) is 19.7. The monoisotopic (exact) mass is 397 g/mol. The maximum absolute atomic E-state index is 14.3. The van der Waals surface area contributed by atoms with E-state index in [2.05, 4.69) is 26.1 Å². The van der Waals surface area contributed by atoms with Crippen LogP contribution in [-0.4, -0.2) is 38.6 Å². The summed E-state index contributed by atoms with van der Waals surface area (Å²) in [7, 11) is 0. The summed E-state index contributed by atoms with van der Waals surface area (Å²) in [6, 6.07) is 2.33. The molecule has 0 fully saturated rings. The van der Waals surface area contributed by atoms with Crippen molar-refractivity contribution in [2.24, 2.45) is 0 Å². The summed E-state index contributed by atoms with van der Waals surface area (Å²) in [5, 5.41) is 8.42. The summed E-state index contributed by atoms with van der Waals surface area (Å²) >= 11 is 0. The van der Waals surface area contributed by atoms with Crippen LogP contribution >= 0.6 is 0 Å². The van der Waals surface area contributed by atoms with Crippen LogP contribution < -0.4 is 16.0 Å². The van der Waals surface area contributed by atoms with Crippen LogP contribution in [0.3, 0.4) is 0 Å². The molecule has 0 bridgehead atoms. The molecule has 148 valence electrons. The summed E-state index contributed by atoms with van der Waals surface area (Å²) in [6.45, 7) is 1.82. The molecule has 12 heteroatoms. The molecule has 4 rings (SSSR count). The van der Waals surface area contributed by atoms with Crippen LogP contribution in [0.5, 0.6) is 0 Å². The van der Waals surface area contributed by atoms with E-state index < -0.39 is 29.2 Å². The first kappa shape index (κ1) is 18.2. The van der Waals surface area contributed by atoms with Gasteiger partial charge in [-0.05, 0) is 13.0 Å². The molecule has 0 aromatic carbocycles. The van der Waals surface area contributed by atoms with E-state index in [-0.39, 0.29) is 12.6 Å². The Hall–Kier alpha value is -3.15. The van der Waals surface area contributed by atoms with Gasteiger partial charge in [-0.15, -0.1) is 5.53 Å². The van der Waals surface area contributed by atoms with Crippen LogP contribution in [0, 0.1) is 5.82 Å². The summed E-state index contributed by atoms with van der Waals surface area (Å²) < 4.78 is 53.0. The Morgan fingerprint density at radius 1 is 1.29 bits per heavy atom. The predicted octanol–water partition coefficient (Wildman–Crippen LogP) is 1.94. The smallest absolute Gasteiger partial charge is 0.330 e. The fraction of sp³-hybridized carbons (Fsp3) is 0.312. The second-order valence-corrected chi connectivity index (χ2v) is 6.44. The zero-order chi connectivity index (χ0) is 20.1. The summed E-state index contributed by atoms with van der Waals surface area (Å²) in [6.07, 6.45) is -2.21. The van der Waals surface area contributed by atoms with Gasteiger partial charge in [0.15, 0.2) is 11.5 Å². The van der Waals surface area contributed by atoms with Crippen molar-refractivity contribution >= 4 is 11.7 Å². The second-order valence-electron chi connectivity index (χ2n) is 6.44. The van der Waals surface area contributed by atoms with Gasteiger partial charge in [0, 0.05) is 24.7 Å². The highest BCUT2D eigenvalue weighted by molar-refractivity contribution is 5.95. The number of rotatable bonds is 2. The van der Waals surface area contributed by atoms with Crippen LogP contribution in [0.4, 0.5) is 23.4 Å². The molecule has 0 radical (unpaired) electrons. The number of hydrogen-bond donors (Lipinski definition) is 3. The second kappa shape index (κ2) is 6.48. The molecule has 2 aromatic rings. The van der Waals surface area contributed by atoms with Gasteiger partial charge in [-0.2, -0.15) is 18.3 Å². The molecular formula is C16H15F4N7O. The summed E-state index contributed by atoms with van der Waals surface area (Å²) in [5.74, 6) is -1.81. The summed E-state index contributed by atoms with van der Waals surface area (Å²) in [5.41, 5.74) is 5.02. The number of H-pyrrole nitrogens is 1. The van der Waals surface area contributed by atoms with Gasteiger partial charge in [0.25, 0.3) is 5.91 Å². The maximum Gasteiger partial charge on any atom is 0.436 e. The molecular weight excluding hydrogens is 382 g/mol. The number of halogens is 4. The van der Waals surface area contributed by atoms with Crippen molar-refractivity contribution in [1.82, 2.24) is 31.0 Å². The Labute approximate surface area is 156 Å². The van der Waals surface area contributed by atoms with Gasteiger partial charge in [0.05, 0.1) is 29.7 Å². The molecule has 0 saturated heterocycles. The lowest BCUT2D eigenvalue weighted by atomic mass is 10.0. The molecule has 0 spiro atoms. The van der Waals surface area contributed by atoms with Gasteiger partial charge in [-0.25, -0.2) is 14.4 Å². The van der Waals surface area contributed by atoms with Crippen LogP contribution in [-0.2, 0) is 6.18 Å². The number of hydrazine groups is 2. The zero-order valence-electron chi connectivity index (χ0n) is 14.5. The third kappa shape index (κ3) is 2.95. The number of anilines is 1. The molecule has 4 heterocycles. The van der Waals surface area contributed by atoms with E-state index in [9.17, 15) is 22.4 Å². The minimum Gasteiger partial charge on any atom is -0.330 e. The molecule has 2 aliphatic rings. The van der Waals surface area contributed by atoms with E-state index in [1.165, 1.54) is 4.90 Å². The molecule has 1 atom stereocenters. The number of aromatic nitrogens is 3. The average molecular weight is 397 g/mol. The van der Waals surface area contributed by atoms with Crippen molar-refractivity contribution in [3.63, 3.8) is 0 Å². The highest BCUT2D eigenvalue weighted by atomic mass is 19.4. The fourth-order valence-corrected chi connectivity index (χ4v) is 3.27. The Balaban J connectivity index is 1.62. The topological polar surface area (TPSA) is 89.2 Å². The van der Waals surface area contributed by atoms with Crippen LogP contribution in [0.1, 0.15) is 29.4 Å². The number of nitrogens with zero attached hydrogens (tertiary/aromatic N) is 4. The molecule has 0 unspecified atom stereocenters. The Morgan fingerprint density at radius 2 is 2.07 bits per heavy atom. The van der Waals surface area contributed by atoms with Gasteiger partial charge < -0.3 is 10.3 Å². The SMILES string of the molecule is C[C@H]1CC2=C(CN1C(=O)c1ccnc(C(F)(F)F)c1F)NNN2c1ccn[nH]1. The molecule has 0 saturated carbocycles. The minimum atomic E-state index is -4.98. The third-order valence-electron chi connectivity index (χ3n) is 4.66. The highest BCUT2D eigenvalue weighted by Gasteiger charge is 2.40. The highest BCUT2D eigenvalue weighted by Crippen LogP contribution is 2.33. The first-order valence-electron chi connectivity index (χ1n) is 8.33. The lowest BCUT2D eigenvalue weighted by molar-refractivity contribution is -0.143. The van der Waals surface area contributed by atoms with Gasteiger partial charge in [-0.1, -0.05) is 0 Å². The number of aromatic amines is 1. The van der Waals surface area contributed by atoms with Gasteiger partial charge >= 0.3 is 6.18 Å². The molecule has 1 amide bonds. The lowest BCUT2D eigenvalue weighted by Gasteiger charge is -2.34. The Bertz CT molecular complexity index is 941. The largest absolute Gasteiger partial charge is 0.436 e. The van der Waals surface area contributed by atoms with E-state index >= 15 is 0 Å². The third-order valence-corrected chi connectivity index (χ3v) is 4.66. The lowest BCUT2D eigenvalue weighted by Crippen LogP contribution is -2.45. The van der Waals surface area contributed by atoms with Crippen molar-refractivity contribution in [3.05, 3.63) is 53.0 Å². The molecule has 2 aliphatic heterocycles. The molecule has 3 N–H and O–H groups in total. The molecule has 28 heavy (non-hydrogen) atoms. The van der Waals surface area contributed by atoms with Crippen LogP contribution in [0.2, 0.25) is 0 Å². The van der Waals surface area contributed by atoms with Gasteiger partial charge in [0.1, 0.15) is 5.82 Å². The van der Waals surface area contributed by atoms with Gasteiger partial charge in [0.2, 0.25) is 0 Å². The number of carbonyl (C=O) groups is 1. The first-order chi connectivity index (χ1) is 13.3. The number of amides is 1. The summed E-state index contributed by atoms with van der Waals surface area (Å²) in [4.78, 5) is 17.2.